The number of sulfonamides is 1. The molecule has 0 atom stereocenters. The number of fused-ring (bicyclic) bond motifs is 1. The highest BCUT2D eigenvalue weighted by molar-refractivity contribution is 7.89. The number of carbonyl (C=O) groups excluding carboxylic acids is 1. The van der Waals surface area contributed by atoms with Gasteiger partial charge in [0.05, 0.1) is 14.2 Å². The summed E-state index contributed by atoms with van der Waals surface area (Å²) in [5.74, 6) is 0.907. The fourth-order valence-corrected chi connectivity index (χ4v) is 4.75. The molecule has 1 aliphatic heterocycles. The third-order valence-corrected chi connectivity index (χ3v) is 6.58. The quantitative estimate of drug-likeness (QED) is 0.730. The molecule has 0 bridgehead atoms. The number of hydrogen-bond acceptors (Lipinski definition) is 6. The van der Waals surface area contributed by atoms with Gasteiger partial charge in [0.25, 0.3) is 0 Å². The number of aryl methyl sites for hydroxylation is 1. The highest BCUT2D eigenvalue weighted by Gasteiger charge is 2.31. The SMILES string of the molecule is COc1ccc(OC)c(S(=O)(=O)N2CCOc3ccc(CCC(N)=O)cc3C2)c1. The van der Waals surface area contributed by atoms with E-state index in [1.165, 1.54) is 24.6 Å². The zero-order valence-electron chi connectivity index (χ0n) is 16.4. The molecule has 2 N–H and O–H groups in total. The van der Waals surface area contributed by atoms with Crippen molar-refractivity contribution in [1.82, 2.24) is 4.31 Å². The van der Waals surface area contributed by atoms with Gasteiger partial charge in [0, 0.05) is 31.1 Å². The average Bonchev–Trinajstić information content (AvgIpc) is 2.94. The Labute approximate surface area is 170 Å². The van der Waals surface area contributed by atoms with E-state index in [9.17, 15) is 13.2 Å². The number of carbonyl (C=O) groups is 1. The maximum Gasteiger partial charge on any atom is 0.247 e. The molecule has 0 fully saturated rings. The molecule has 1 aliphatic rings. The van der Waals surface area contributed by atoms with Crippen molar-refractivity contribution < 1.29 is 27.4 Å². The molecular weight excluding hydrogens is 396 g/mol. The summed E-state index contributed by atoms with van der Waals surface area (Å²) in [6.45, 7) is 0.551. The molecule has 0 aromatic heterocycles. The highest BCUT2D eigenvalue weighted by atomic mass is 32.2. The van der Waals surface area contributed by atoms with Crippen molar-refractivity contribution in [2.75, 3.05) is 27.4 Å². The number of ether oxygens (including phenoxy) is 3. The zero-order chi connectivity index (χ0) is 21.0. The monoisotopic (exact) mass is 420 g/mol. The first-order valence-electron chi connectivity index (χ1n) is 9.10. The molecule has 9 heteroatoms. The Bertz CT molecular complexity index is 1010. The van der Waals surface area contributed by atoms with Gasteiger partial charge in [0.1, 0.15) is 28.8 Å². The number of hydrogen-bond donors (Lipinski definition) is 1. The fourth-order valence-electron chi connectivity index (χ4n) is 3.18. The summed E-state index contributed by atoms with van der Waals surface area (Å²) in [7, 11) is -0.970. The van der Waals surface area contributed by atoms with Gasteiger partial charge in [0.15, 0.2) is 0 Å². The smallest absolute Gasteiger partial charge is 0.247 e. The molecule has 1 amide bonds. The first-order chi connectivity index (χ1) is 13.8. The van der Waals surface area contributed by atoms with Crippen molar-refractivity contribution in [3.05, 3.63) is 47.5 Å². The van der Waals surface area contributed by atoms with E-state index in [1.54, 1.807) is 18.2 Å². The topological polar surface area (TPSA) is 108 Å². The second kappa shape index (κ2) is 8.71. The largest absolute Gasteiger partial charge is 0.497 e. The Hall–Kier alpha value is -2.78. The van der Waals surface area contributed by atoms with E-state index in [0.29, 0.717) is 17.9 Å². The minimum Gasteiger partial charge on any atom is -0.497 e. The average molecular weight is 420 g/mol. The maximum absolute atomic E-state index is 13.4. The molecule has 8 nitrogen and oxygen atoms in total. The molecule has 3 rings (SSSR count). The summed E-state index contributed by atoms with van der Waals surface area (Å²) in [6, 6.07) is 10.2. The normalized spacial score (nSPS) is 14.4. The summed E-state index contributed by atoms with van der Waals surface area (Å²) >= 11 is 0. The molecule has 29 heavy (non-hydrogen) atoms. The number of methoxy groups -OCH3 is 2. The molecule has 0 aliphatic carbocycles. The Morgan fingerprint density at radius 1 is 1.17 bits per heavy atom. The minimum absolute atomic E-state index is 0.0349. The predicted molar refractivity (Wildman–Crippen MR) is 107 cm³/mol. The van der Waals surface area contributed by atoms with Crippen LogP contribution in [0.15, 0.2) is 41.3 Å². The van der Waals surface area contributed by atoms with Crippen LogP contribution in [-0.2, 0) is 27.8 Å². The van der Waals surface area contributed by atoms with E-state index < -0.39 is 10.0 Å². The van der Waals surface area contributed by atoms with Crippen LogP contribution < -0.4 is 19.9 Å². The van der Waals surface area contributed by atoms with Crippen LogP contribution in [0.5, 0.6) is 17.2 Å². The van der Waals surface area contributed by atoms with Gasteiger partial charge >= 0.3 is 0 Å². The van der Waals surface area contributed by atoms with Gasteiger partial charge < -0.3 is 19.9 Å². The second-order valence-electron chi connectivity index (χ2n) is 6.61. The van der Waals surface area contributed by atoms with Crippen LogP contribution in [0.1, 0.15) is 17.5 Å². The van der Waals surface area contributed by atoms with Gasteiger partial charge in [-0.3, -0.25) is 4.79 Å². The van der Waals surface area contributed by atoms with E-state index >= 15 is 0 Å². The lowest BCUT2D eigenvalue weighted by Gasteiger charge is -2.21. The molecule has 1 heterocycles. The molecule has 2 aromatic rings. The van der Waals surface area contributed by atoms with Crippen molar-refractivity contribution in [1.29, 1.82) is 0 Å². The lowest BCUT2D eigenvalue weighted by Crippen LogP contribution is -2.32. The third kappa shape index (κ3) is 4.63. The van der Waals surface area contributed by atoms with Crippen LogP contribution in [0.4, 0.5) is 0 Å². The fraction of sp³-hybridized carbons (Fsp3) is 0.350. The Morgan fingerprint density at radius 3 is 2.66 bits per heavy atom. The highest BCUT2D eigenvalue weighted by Crippen LogP contribution is 2.33. The summed E-state index contributed by atoms with van der Waals surface area (Å²) in [4.78, 5) is 11.1. The predicted octanol–water partition coefficient (Wildman–Crippen LogP) is 1.70. The molecule has 156 valence electrons. The molecule has 0 saturated carbocycles. The summed E-state index contributed by atoms with van der Waals surface area (Å²) in [6.07, 6.45) is 0.710. The Kier molecular flexibility index (Phi) is 6.29. The van der Waals surface area contributed by atoms with Crippen LogP contribution in [0.2, 0.25) is 0 Å². The number of nitrogens with zero attached hydrogens (tertiary/aromatic N) is 1. The zero-order valence-corrected chi connectivity index (χ0v) is 17.2. The minimum atomic E-state index is -3.87. The van der Waals surface area contributed by atoms with Crippen LogP contribution in [0.25, 0.3) is 0 Å². The number of rotatable bonds is 7. The van der Waals surface area contributed by atoms with Crippen molar-refractivity contribution in [3.8, 4) is 17.2 Å². The van der Waals surface area contributed by atoms with E-state index in [0.717, 1.165) is 11.1 Å². The molecule has 0 spiro atoms. The van der Waals surface area contributed by atoms with Gasteiger partial charge in [0.2, 0.25) is 15.9 Å². The van der Waals surface area contributed by atoms with Crippen LogP contribution >= 0.6 is 0 Å². The van der Waals surface area contributed by atoms with E-state index in [-0.39, 0.29) is 42.7 Å². The van der Waals surface area contributed by atoms with Crippen LogP contribution in [-0.4, -0.2) is 46.0 Å². The Balaban J connectivity index is 1.94. The van der Waals surface area contributed by atoms with Crippen molar-refractivity contribution >= 4 is 15.9 Å². The molecule has 0 radical (unpaired) electrons. The number of amides is 1. The summed E-state index contributed by atoms with van der Waals surface area (Å²) in [5.41, 5.74) is 6.85. The first-order valence-corrected chi connectivity index (χ1v) is 10.5. The Morgan fingerprint density at radius 2 is 1.97 bits per heavy atom. The van der Waals surface area contributed by atoms with Crippen molar-refractivity contribution in [3.63, 3.8) is 0 Å². The first kappa shape index (κ1) is 20.9. The second-order valence-corrected chi connectivity index (χ2v) is 8.52. The molecule has 2 aromatic carbocycles. The lowest BCUT2D eigenvalue weighted by atomic mass is 10.1. The van der Waals surface area contributed by atoms with Gasteiger partial charge in [-0.05, 0) is 30.2 Å². The van der Waals surface area contributed by atoms with Gasteiger partial charge in [-0.25, -0.2) is 8.42 Å². The van der Waals surface area contributed by atoms with E-state index in [2.05, 4.69) is 0 Å². The third-order valence-electron chi connectivity index (χ3n) is 4.72. The lowest BCUT2D eigenvalue weighted by molar-refractivity contribution is -0.117. The van der Waals surface area contributed by atoms with Crippen LogP contribution in [0, 0.1) is 0 Å². The molecule has 0 unspecified atom stereocenters. The van der Waals surface area contributed by atoms with Gasteiger partial charge in [-0.1, -0.05) is 12.1 Å². The number of nitrogens with two attached hydrogens (primary N) is 1. The van der Waals surface area contributed by atoms with Crippen molar-refractivity contribution in [2.24, 2.45) is 5.73 Å². The molecular formula is C20H24N2O6S. The van der Waals surface area contributed by atoms with Gasteiger partial charge in [-0.2, -0.15) is 4.31 Å². The van der Waals surface area contributed by atoms with Crippen LogP contribution in [0.3, 0.4) is 0 Å². The van der Waals surface area contributed by atoms with E-state index in [1.807, 2.05) is 12.1 Å². The number of benzene rings is 2. The number of primary amides is 1. The van der Waals surface area contributed by atoms with Gasteiger partial charge in [-0.15, -0.1) is 0 Å². The standard InChI is InChI=1S/C20H24N2O6S/c1-26-16-5-7-18(27-2)19(12-16)29(24,25)22-9-10-28-17-6-3-14(4-8-20(21)23)11-15(17)13-22/h3,5-7,11-12H,4,8-10,13H2,1-2H3,(H2,21,23). The molecule has 0 saturated heterocycles. The maximum atomic E-state index is 13.4. The summed E-state index contributed by atoms with van der Waals surface area (Å²) < 4.78 is 44.3. The van der Waals surface area contributed by atoms with E-state index in [4.69, 9.17) is 19.9 Å². The van der Waals surface area contributed by atoms with Crippen molar-refractivity contribution in [2.45, 2.75) is 24.3 Å². The summed E-state index contributed by atoms with van der Waals surface area (Å²) in [5, 5.41) is 0.